The van der Waals surface area contributed by atoms with Crippen LogP contribution in [0.25, 0.3) is 65.8 Å². The van der Waals surface area contributed by atoms with Crippen molar-refractivity contribution < 1.29 is 8.83 Å². The lowest BCUT2D eigenvalue weighted by molar-refractivity contribution is 0.669. The Kier molecular flexibility index (Phi) is 5.20. The molecule has 0 saturated carbocycles. The van der Waals surface area contributed by atoms with Crippen LogP contribution in [0.3, 0.4) is 0 Å². The fraction of sp³-hybridized carbons (Fsp3) is 0. The number of hydrogen-bond donors (Lipinski definition) is 0. The fourth-order valence-corrected chi connectivity index (χ4v) is 6.49. The van der Waals surface area contributed by atoms with Gasteiger partial charge in [-0.15, -0.1) is 0 Å². The van der Waals surface area contributed by atoms with Crippen molar-refractivity contribution in [1.29, 1.82) is 0 Å². The van der Waals surface area contributed by atoms with E-state index in [1.54, 1.807) is 0 Å². The zero-order valence-corrected chi connectivity index (χ0v) is 23.2. The Morgan fingerprint density at radius 1 is 0.372 bits per heavy atom. The minimum Gasteiger partial charge on any atom is -0.456 e. The smallest absolute Gasteiger partial charge is 0.143 e. The molecule has 0 N–H and O–H groups in total. The van der Waals surface area contributed by atoms with Crippen LogP contribution >= 0.6 is 0 Å². The monoisotopic (exact) mass is 551 g/mol. The Labute approximate surface area is 247 Å². The lowest BCUT2D eigenvalue weighted by atomic mass is 9.99. The number of furan rings is 2. The van der Waals surface area contributed by atoms with E-state index < -0.39 is 0 Å². The van der Waals surface area contributed by atoms with Gasteiger partial charge in [-0.2, -0.15) is 0 Å². The van der Waals surface area contributed by atoms with Gasteiger partial charge in [0.25, 0.3) is 0 Å². The van der Waals surface area contributed by atoms with E-state index in [9.17, 15) is 0 Å². The molecule has 2 aromatic heterocycles. The standard InChI is InChI=1S/C40H25NO2/c1-2-12-27(13-3-1)41(28-22-24-32-31-16-7-9-20-37(31)42-38(32)25-28)36-19-8-6-15-30(36)33-17-10-18-34-35-23-21-26-11-4-5-14-29(26)39(35)43-40(33)34/h1-25H. The van der Waals surface area contributed by atoms with Crippen LogP contribution < -0.4 is 4.90 Å². The van der Waals surface area contributed by atoms with E-state index in [4.69, 9.17) is 8.83 Å². The second-order valence-electron chi connectivity index (χ2n) is 10.9. The van der Waals surface area contributed by atoms with Crippen molar-refractivity contribution >= 4 is 71.7 Å². The van der Waals surface area contributed by atoms with E-state index in [0.717, 1.165) is 77.5 Å². The van der Waals surface area contributed by atoms with Crippen LogP contribution in [0.1, 0.15) is 0 Å². The average molecular weight is 552 g/mol. The van der Waals surface area contributed by atoms with E-state index in [1.807, 2.05) is 12.1 Å². The van der Waals surface area contributed by atoms with E-state index in [1.165, 1.54) is 5.39 Å². The van der Waals surface area contributed by atoms with Gasteiger partial charge in [0.1, 0.15) is 22.3 Å². The summed E-state index contributed by atoms with van der Waals surface area (Å²) in [5.74, 6) is 0. The van der Waals surface area contributed by atoms with Gasteiger partial charge in [0, 0.05) is 55.5 Å². The highest BCUT2D eigenvalue weighted by molar-refractivity contribution is 6.17. The molecule has 0 unspecified atom stereocenters. The van der Waals surface area contributed by atoms with Crippen molar-refractivity contribution in [2.75, 3.05) is 4.90 Å². The molecule has 7 aromatic carbocycles. The number of anilines is 3. The Hall–Kier alpha value is -5.80. The first-order valence-corrected chi connectivity index (χ1v) is 14.5. The molecule has 0 spiro atoms. The molecule has 2 heterocycles. The fourth-order valence-electron chi connectivity index (χ4n) is 6.49. The zero-order chi connectivity index (χ0) is 28.3. The zero-order valence-electron chi connectivity index (χ0n) is 23.2. The van der Waals surface area contributed by atoms with Gasteiger partial charge in [-0.05, 0) is 47.9 Å². The van der Waals surface area contributed by atoms with E-state index in [-0.39, 0.29) is 0 Å². The minimum atomic E-state index is 0.864. The average Bonchev–Trinajstić information content (AvgIpc) is 3.64. The van der Waals surface area contributed by atoms with Crippen LogP contribution in [0.5, 0.6) is 0 Å². The molecule has 0 saturated heterocycles. The maximum absolute atomic E-state index is 6.76. The lowest BCUT2D eigenvalue weighted by Gasteiger charge is -2.27. The van der Waals surface area contributed by atoms with Gasteiger partial charge in [0.05, 0.1) is 5.69 Å². The van der Waals surface area contributed by atoms with Gasteiger partial charge in [0.2, 0.25) is 0 Å². The summed E-state index contributed by atoms with van der Waals surface area (Å²) in [6.45, 7) is 0. The van der Waals surface area contributed by atoms with E-state index in [0.29, 0.717) is 0 Å². The number of benzene rings is 7. The quantitative estimate of drug-likeness (QED) is 0.218. The maximum atomic E-state index is 6.76. The first-order valence-electron chi connectivity index (χ1n) is 14.5. The summed E-state index contributed by atoms with van der Waals surface area (Å²) in [5, 5.41) is 6.78. The van der Waals surface area contributed by atoms with Gasteiger partial charge >= 0.3 is 0 Å². The van der Waals surface area contributed by atoms with Crippen LogP contribution in [0.2, 0.25) is 0 Å². The molecule has 0 fully saturated rings. The topological polar surface area (TPSA) is 29.5 Å². The molecule has 0 bridgehead atoms. The second-order valence-corrected chi connectivity index (χ2v) is 10.9. The third kappa shape index (κ3) is 3.68. The summed E-state index contributed by atoms with van der Waals surface area (Å²) >= 11 is 0. The summed E-state index contributed by atoms with van der Waals surface area (Å²) in [6.07, 6.45) is 0. The molecule has 0 aliphatic carbocycles. The molecule has 0 aliphatic rings. The Morgan fingerprint density at radius 3 is 1.98 bits per heavy atom. The van der Waals surface area contributed by atoms with Gasteiger partial charge in [0.15, 0.2) is 0 Å². The number of rotatable bonds is 4. The highest BCUT2D eigenvalue weighted by Gasteiger charge is 2.21. The second kappa shape index (κ2) is 9.37. The highest BCUT2D eigenvalue weighted by atomic mass is 16.3. The molecule has 202 valence electrons. The molecule has 3 heteroatoms. The van der Waals surface area contributed by atoms with Crippen LogP contribution in [0, 0.1) is 0 Å². The summed E-state index contributed by atoms with van der Waals surface area (Å²) in [5.41, 5.74) is 8.86. The summed E-state index contributed by atoms with van der Waals surface area (Å²) in [4.78, 5) is 2.30. The molecule has 0 amide bonds. The molecule has 0 aliphatic heterocycles. The Balaban J connectivity index is 1.29. The van der Waals surface area contributed by atoms with Crippen molar-refractivity contribution in [3.05, 3.63) is 152 Å². The van der Waals surface area contributed by atoms with E-state index in [2.05, 4.69) is 144 Å². The van der Waals surface area contributed by atoms with Gasteiger partial charge in [-0.1, -0.05) is 103 Å². The van der Waals surface area contributed by atoms with Crippen LogP contribution in [0.15, 0.2) is 160 Å². The summed E-state index contributed by atoms with van der Waals surface area (Å²) < 4.78 is 13.1. The van der Waals surface area contributed by atoms with Crippen LogP contribution in [-0.2, 0) is 0 Å². The summed E-state index contributed by atoms with van der Waals surface area (Å²) in [7, 11) is 0. The maximum Gasteiger partial charge on any atom is 0.143 e. The van der Waals surface area contributed by atoms with Crippen molar-refractivity contribution in [3.63, 3.8) is 0 Å². The van der Waals surface area contributed by atoms with Gasteiger partial charge in [-0.3, -0.25) is 0 Å². The third-order valence-corrected chi connectivity index (χ3v) is 8.46. The third-order valence-electron chi connectivity index (χ3n) is 8.46. The molecule has 43 heavy (non-hydrogen) atoms. The Bertz CT molecular complexity index is 2470. The minimum absolute atomic E-state index is 0.864. The summed E-state index contributed by atoms with van der Waals surface area (Å²) in [6, 6.07) is 53.0. The predicted octanol–water partition coefficient (Wildman–Crippen LogP) is 11.8. The number of fused-ring (bicyclic) bond motifs is 8. The first kappa shape index (κ1) is 23.9. The van der Waals surface area contributed by atoms with E-state index >= 15 is 0 Å². The van der Waals surface area contributed by atoms with Gasteiger partial charge < -0.3 is 13.7 Å². The molecule has 3 nitrogen and oxygen atoms in total. The lowest BCUT2D eigenvalue weighted by Crippen LogP contribution is -2.11. The van der Waals surface area contributed by atoms with Crippen molar-refractivity contribution in [2.45, 2.75) is 0 Å². The van der Waals surface area contributed by atoms with Crippen molar-refractivity contribution in [1.82, 2.24) is 0 Å². The molecule has 0 atom stereocenters. The largest absolute Gasteiger partial charge is 0.456 e. The number of hydrogen-bond acceptors (Lipinski definition) is 3. The normalized spacial score (nSPS) is 11.7. The molecule has 0 radical (unpaired) electrons. The van der Waals surface area contributed by atoms with Crippen molar-refractivity contribution in [3.8, 4) is 11.1 Å². The predicted molar refractivity (Wildman–Crippen MR) is 179 cm³/mol. The Morgan fingerprint density at radius 2 is 1.05 bits per heavy atom. The molecular formula is C40H25NO2. The molecular weight excluding hydrogens is 526 g/mol. The molecule has 9 aromatic rings. The first-order chi connectivity index (χ1) is 21.3. The number of para-hydroxylation sites is 4. The highest BCUT2D eigenvalue weighted by Crippen LogP contribution is 2.45. The number of nitrogens with zero attached hydrogens (tertiary/aromatic N) is 1. The van der Waals surface area contributed by atoms with Crippen LogP contribution in [-0.4, -0.2) is 0 Å². The molecule has 9 rings (SSSR count). The van der Waals surface area contributed by atoms with Crippen molar-refractivity contribution in [2.24, 2.45) is 0 Å². The SMILES string of the molecule is c1ccc(N(c2ccc3c(c2)oc2ccccc23)c2ccccc2-c2cccc3c2oc2c4ccccc4ccc32)cc1. The van der Waals surface area contributed by atoms with Gasteiger partial charge in [-0.25, -0.2) is 0 Å². The van der Waals surface area contributed by atoms with Crippen LogP contribution in [0.4, 0.5) is 17.1 Å².